The van der Waals surface area contributed by atoms with Crippen molar-refractivity contribution in [2.75, 3.05) is 32.7 Å². The van der Waals surface area contributed by atoms with Gasteiger partial charge < -0.3 is 9.52 Å². The van der Waals surface area contributed by atoms with E-state index in [0.29, 0.717) is 11.8 Å². The van der Waals surface area contributed by atoms with E-state index in [1.807, 2.05) is 37.3 Å². The molecule has 2 heterocycles. The van der Waals surface area contributed by atoms with Crippen LogP contribution in [-0.2, 0) is 0 Å². The lowest BCUT2D eigenvalue weighted by atomic mass is 10.2. The van der Waals surface area contributed by atoms with Crippen molar-refractivity contribution < 1.29 is 9.52 Å². The second-order valence-corrected chi connectivity index (χ2v) is 6.17. The third kappa shape index (κ3) is 3.96. The maximum atomic E-state index is 9.48. The molecule has 0 saturated carbocycles. The molecule has 23 heavy (non-hydrogen) atoms. The van der Waals surface area contributed by atoms with Gasteiger partial charge in [-0.25, -0.2) is 0 Å². The van der Waals surface area contributed by atoms with Crippen LogP contribution in [0.15, 0.2) is 34.7 Å². The molecule has 1 aromatic heterocycles. The summed E-state index contributed by atoms with van der Waals surface area (Å²) in [5, 5.41) is 17.9. The molecule has 1 fully saturated rings. The van der Waals surface area contributed by atoms with Crippen LogP contribution in [-0.4, -0.2) is 63.9 Å². The van der Waals surface area contributed by atoms with Gasteiger partial charge in [0.1, 0.15) is 0 Å². The average Bonchev–Trinajstić information content (AvgIpc) is 3.05. The van der Waals surface area contributed by atoms with Crippen molar-refractivity contribution in [3.05, 3.63) is 36.2 Å². The van der Waals surface area contributed by atoms with Crippen LogP contribution < -0.4 is 0 Å². The predicted octanol–water partition coefficient (Wildman–Crippen LogP) is 1.80. The smallest absolute Gasteiger partial charge is 0.247 e. The van der Waals surface area contributed by atoms with Crippen molar-refractivity contribution in [3.8, 4) is 11.5 Å². The van der Waals surface area contributed by atoms with Gasteiger partial charge in [0.25, 0.3) is 0 Å². The standard InChI is InChI=1S/C17H24N4O2/c1-13(22)12-20-8-10-21(11-9-20)14(2)16-18-19-17(23-16)15-6-4-3-5-7-15/h3-7,13-14,22H,8-12H2,1-2H3/t13-,14+/m1/s1. The highest BCUT2D eigenvalue weighted by molar-refractivity contribution is 5.51. The second-order valence-electron chi connectivity index (χ2n) is 6.17. The van der Waals surface area contributed by atoms with E-state index >= 15 is 0 Å². The van der Waals surface area contributed by atoms with Crippen LogP contribution >= 0.6 is 0 Å². The van der Waals surface area contributed by atoms with E-state index in [2.05, 4.69) is 26.9 Å². The predicted molar refractivity (Wildman–Crippen MR) is 87.8 cm³/mol. The molecule has 1 aliphatic rings. The molecule has 0 radical (unpaired) electrons. The zero-order valence-corrected chi connectivity index (χ0v) is 13.7. The topological polar surface area (TPSA) is 65.6 Å². The van der Waals surface area contributed by atoms with E-state index in [9.17, 15) is 5.11 Å². The maximum absolute atomic E-state index is 9.48. The van der Waals surface area contributed by atoms with Crippen molar-refractivity contribution in [2.45, 2.75) is 26.0 Å². The molecular weight excluding hydrogens is 292 g/mol. The van der Waals surface area contributed by atoms with E-state index in [1.54, 1.807) is 0 Å². The third-order valence-corrected chi connectivity index (χ3v) is 4.30. The molecule has 0 amide bonds. The molecule has 0 bridgehead atoms. The number of aliphatic hydroxyl groups excluding tert-OH is 1. The molecule has 0 spiro atoms. The van der Waals surface area contributed by atoms with Crippen molar-refractivity contribution in [1.82, 2.24) is 20.0 Å². The lowest BCUT2D eigenvalue weighted by Crippen LogP contribution is -2.48. The fourth-order valence-electron chi connectivity index (χ4n) is 2.96. The minimum absolute atomic E-state index is 0.105. The molecule has 1 aliphatic heterocycles. The van der Waals surface area contributed by atoms with Gasteiger partial charge in [0.2, 0.25) is 11.8 Å². The number of aromatic nitrogens is 2. The highest BCUT2D eigenvalue weighted by Gasteiger charge is 2.26. The van der Waals surface area contributed by atoms with E-state index in [-0.39, 0.29) is 12.1 Å². The Hall–Kier alpha value is -1.76. The molecule has 124 valence electrons. The van der Waals surface area contributed by atoms with Gasteiger partial charge in [0.05, 0.1) is 12.1 Å². The Morgan fingerprint density at radius 2 is 1.78 bits per heavy atom. The zero-order chi connectivity index (χ0) is 16.2. The van der Waals surface area contributed by atoms with Crippen molar-refractivity contribution in [3.63, 3.8) is 0 Å². The first-order valence-electron chi connectivity index (χ1n) is 8.17. The molecule has 3 rings (SSSR count). The normalized spacial score (nSPS) is 19.6. The summed E-state index contributed by atoms with van der Waals surface area (Å²) in [7, 11) is 0. The Bertz CT molecular complexity index is 606. The van der Waals surface area contributed by atoms with Crippen LogP contribution in [0.1, 0.15) is 25.8 Å². The van der Waals surface area contributed by atoms with Gasteiger partial charge >= 0.3 is 0 Å². The number of benzene rings is 1. The Morgan fingerprint density at radius 3 is 2.43 bits per heavy atom. The molecule has 0 aliphatic carbocycles. The Morgan fingerprint density at radius 1 is 1.09 bits per heavy atom. The van der Waals surface area contributed by atoms with Crippen molar-refractivity contribution in [2.24, 2.45) is 0 Å². The van der Waals surface area contributed by atoms with Gasteiger partial charge in [-0.15, -0.1) is 10.2 Å². The fraction of sp³-hybridized carbons (Fsp3) is 0.529. The summed E-state index contributed by atoms with van der Waals surface area (Å²) >= 11 is 0. The molecule has 1 aromatic carbocycles. The lowest BCUT2D eigenvalue weighted by molar-refractivity contribution is 0.0598. The fourth-order valence-corrected chi connectivity index (χ4v) is 2.96. The van der Waals surface area contributed by atoms with E-state index < -0.39 is 0 Å². The van der Waals surface area contributed by atoms with Crippen LogP contribution in [0.2, 0.25) is 0 Å². The Labute approximate surface area is 136 Å². The van der Waals surface area contributed by atoms with Gasteiger partial charge in [0, 0.05) is 38.3 Å². The molecule has 2 atom stereocenters. The van der Waals surface area contributed by atoms with E-state index in [4.69, 9.17) is 4.42 Å². The lowest BCUT2D eigenvalue weighted by Gasteiger charge is -2.37. The monoisotopic (exact) mass is 316 g/mol. The SMILES string of the molecule is C[C@@H](O)CN1CCN([C@@H](C)c2nnc(-c3ccccc3)o2)CC1. The van der Waals surface area contributed by atoms with Gasteiger partial charge in [0.15, 0.2) is 0 Å². The maximum Gasteiger partial charge on any atom is 0.247 e. The third-order valence-electron chi connectivity index (χ3n) is 4.30. The van der Waals surface area contributed by atoms with E-state index in [0.717, 1.165) is 38.3 Å². The molecule has 6 nitrogen and oxygen atoms in total. The summed E-state index contributed by atoms with van der Waals surface area (Å²) in [5.41, 5.74) is 0.945. The average molecular weight is 316 g/mol. The summed E-state index contributed by atoms with van der Waals surface area (Å²) < 4.78 is 5.86. The summed E-state index contributed by atoms with van der Waals surface area (Å²) in [4.78, 5) is 4.64. The minimum Gasteiger partial charge on any atom is -0.419 e. The van der Waals surface area contributed by atoms with Gasteiger partial charge in [-0.05, 0) is 26.0 Å². The second kappa shape index (κ2) is 7.21. The molecule has 1 saturated heterocycles. The minimum atomic E-state index is -0.275. The molecule has 2 aromatic rings. The highest BCUT2D eigenvalue weighted by atomic mass is 16.4. The molecule has 1 N–H and O–H groups in total. The number of β-amino-alcohol motifs (C(OH)–C–C–N with tert-alkyl or cyclic N) is 1. The Balaban J connectivity index is 1.61. The first-order chi connectivity index (χ1) is 11.1. The van der Waals surface area contributed by atoms with Gasteiger partial charge in [-0.1, -0.05) is 18.2 Å². The largest absolute Gasteiger partial charge is 0.419 e. The number of piperazine rings is 1. The quantitative estimate of drug-likeness (QED) is 0.907. The van der Waals surface area contributed by atoms with Crippen LogP contribution in [0.3, 0.4) is 0 Å². The summed E-state index contributed by atoms with van der Waals surface area (Å²) in [6, 6.07) is 9.94. The van der Waals surface area contributed by atoms with Crippen molar-refractivity contribution >= 4 is 0 Å². The number of hydrogen-bond acceptors (Lipinski definition) is 6. The number of aliphatic hydroxyl groups is 1. The van der Waals surface area contributed by atoms with Crippen LogP contribution in [0.4, 0.5) is 0 Å². The van der Waals surface area contributed by atoms with Gasteiger partial charge in [-0.3, -0.25) is 9.80 Å². The highest BCUT2D eigenvalue weighted by Crippen LogP contribution is 2.24. The first-order valence-corrected chi connectivity index (χ1v) is 8.17. The summed E-state index contributed by atoms with van der Waals surface area (Å²) in [5.74, 6) is 1.23. The zero-order valence-electron chi connectivity index (χ0n) is 13.7. The molecule has 0 unspecified atom stereocenters. The summed E-state index contributed by atoms with van der Waals surface area (Å²) in [6.45, 7) is 8.46. The number of nitrogens with zero attached hydrogens (tertiary/aromatic N) is 4. The van der Waals surface area contributed by atoms with Crippen LogP contribution in [0, 0.1) is 0 Å². The van der Waals surface area contributed by atoms with Crippen molar-refractivity contribution in [1.29, 1.82) is 0 Å². The Kier molecular flexibility index (Phi) is 5.05. The molecule has 6 heteroatoms. The number of rotatable bonds is 5. The molecular formula is C17H24N4O2. The first kappa shape index (κ1) is 16.1. The van der Waals surface area contributed by atoms with Crippen LogP contribution in [0.25, 0.3) is 11.5 Å². The van der Waals surface area contributed by atoms with Gasteiger partial charge in [-0.2, -0.15) is 0 Å². The summed E-state index contributed by atoms with van der Waals surface area (Å²) in [6.07, 6.45) is -0.275. The van der Waals surface area contributed by atoms with E-state index in [1.165, 1.54) is 0 Å². The van der Waals surface area contributed by atoms with Crippen LogP contribution in [0.5, 0.6) is 0 Å². The number of hydrogen-bond donors (Lipinski definition) is 1.